The normalized spacial score (nSPS) is 12.8. The van der Waals surface area contributed by atoms with Crippen molar-refractivity contribution in [1.82, 2.24) is 0 Å². The summed E-state index contributed by atoms with van der Waals surface area (Å²) in [5.41, 5.74) is 3.75. The second kappa shape index (κ2) is 6.30. The molecule has 0 saturated heterocycles. The molecule has 0 bridgehead atoms. The summed E-state index contributed by atoms with van der Waals surface area (Å²) in [4.78, 5) is 16.4. The Morgan fingerprint density at radius 1 is 1.32 bits per heavy atom. The Kier molecular flexibility index (Phi) is 4.05. The highest BCUT2D eigenvalue weighted by Crippen LogP contribution is 2.25. The lowest BCUT2D eigenvalue weighted by Crippen LogP contribution is -2.10. The van der Waals surface area contributed by atoms with Crippen LogP contribution in [0.25, 0.3) is 0 Å². The molecule has 0 saturated carbocycles. The first-order valence-corrected chi connectivity index (χ1v) is 7.04. The fourth-order valence-corrected chi connectivity index (χ4v) is 2.29. The van der Waals surface area contributed by atoms with Gasteiger partial charge in [0.2, 0.25) is 0 Å². The van der Waals surface area contributed by atoms with Gasteiger partial charge in [-0.2, -0.15) is 0 Å². The lowest BCUT2D eigenvalue weighted by Gasteiger charge is -2.03. The minimum absolute atomic E-state index is 0.619. The zero-order valence-electron chi connectivity index (χ0n) is 12.2. The summed E-state index contributed by atoms with van der Waals surface area (Å²) in [7, 11) is 0. The molecule has 1 aliphatic heterocycles. The summed E-state index contributed by atoms with van der Waals surface area (Å²) in [6.45, 7) is 2.66. The van der Waals surface area contributed by atoms with E-state index in [2.05, 4.69) is 10.5 Å². The Morgan fingerprint density at radius 3 is 3.09 bits per heavy atom. The van der Waals surface area contributed by atoms with Crippen LogP contribution in [0, 0.1) is 6.92 Å². The lowest BCUT2D eigenvalue weighted by molar-refractivity contribution is 0.167. The molecule has 5 nitrogen and oxygen atoms in total. The summed E-state index contributed by atoms with van der Waals surface area (Å²) in [5, 5.41) is 6.32. The number of amides is 1. The van der Waals surface area contributed by atoms with Gasteiger partial charge >= 0.3 is 6.09 Å². The van der Waals surface area contributed by atoms with E-state index in [4.69, 9.17) is 9.57 Å². The third-order valence-electron chi connectivity index (χ3n) is 3.32. The number of hydrogen-bond donors (Lipinski definition) is 1. The van der Waals surface area contributed by atoms with E-state index in [-0.39, 0.29) is 0 Å². The lowest BCUT2D eigenvalue weighted by atomic mass is 10.1. The number of fused-ring (bicyclic) bond motifs is 1. The van der Waals surface area contributed by atoms with Gasteiger partial charge < -0.3 is 4.74 Å². The molecule has 3 rings (SSSR count). The van der Waals surface area contributed by atoms with Crippen molar-refractivity contribution in [2.24, 2.45) is 5.16 Å². The molecular formula is C17H16N2O3. The molecule has 5 heteroatoms. The molecule has 1 heterocycles. The number of rotatable bonds is 3. The molecule has 1 amide bonds. The quantitative estimate of drug-likeness (QED) is 0.535. The van der Waals surface area contributed by atoms with Crippen LogP contribution in [0.5, 0.6) is 5.75 Å². The first-order valence-electron chi connectivity index (χ1n) is 7.04. The van der Waals surface area contributed by atoms with Crippen LogP contribution in [-0.4, -0.2) is 18.9 Å². The maximum absolute atomic E-state index is 11.6. The second-order valence-electron chi connectivity index (χ2n) is 5.07. The van der Waals surface area contributed by atoms with Crippen molar-refractivity contribution in [3.63, 3.8) is 0 Å². The maximum atomic E-state index is 11.6. The fourth-order valence-electron chi connectivity index (χ4n) is 2.29. The van der Waals surface area contributed by atoms with Crippen molar-refractivity contribution < 1.29 is 14.4 Å². The average molecular weight is 296 g/mol. The van der Waals surface area contributed by atoms with Crippen molar-refractivity contribution in [3.05, 3.63) is 59.2 Å². The third-order valence-corrected chi connectivity index (χ3v) is 3.32. The largest absolute Gasteiger partial charge is 0.493 e. The third kappa shape index (κ3) is 3.44. The highest BCUT2D eigenvalue weighted by Gasteiger charge is 2.11. The molecule has 1 N–H and O–H groups in total. The SMILES string of the molecule is Cc1cccc(NC(=O)O/N=C\c2ccc3c(c2)CCO3)c1. The van der Waals surface area contributed by atoms with Gasteiger partial charge in [0, 0.05) is 12.1 Å². The van der Waals surface area contributed by atoms with Crippen LogP contribution in [0.2, 0.25) is 0 Å². The number of aryl methyl sites for hydroxylation is 1. The number of nitrogens with zero attached hydrogens (tertiary/aromatic N) is 1. The van der Waals surface area contributed by atoms with Crippen LogP contribution in [-0.2, 0) is 11.3 Å². The minimum Gasteiger partial charge on any atom is -0.493 e. The molecule has 22 heavy (non-hydrogen) atoms. The first kappa shape index (κ1) is 14.1. The average Bonchev–Trinajstić information content (AvgIpc) is 2.95. The van der Waals surface area contributed by atoms with Gasteiger partial charge in [0.1, 0.15) is 5.75 Å². The number of hydrogen-bond acceptors (Lipinski definition) is 4. The summed E-state index contributed by atoms with van der Waals surface area (Å²) in [6, 6.07) is 13.2. The highest BCUT2D eigenvalue weighted by molar-refractivity contribution is 5.86. The number of anilines is 1. The van der Waals surface area contributed by atoms with Crippen LogP contribution in [0.1, 0.15) is 16.7 Å². The summed E-state index contributed by atoms with van der Waals surface area (Å²) >= 11 is 0. The van der Waals surface area contributed by atoms with Gasteiger partial charge in [-0.15, -0.1) is 0 Å². The van der Waals surface area contributed by atoms with Gasteiger partial charge in [0.05, 0.1) is 12.8 Å². The van der Waals surface area contributed by atoms with Crippen molar-refractivity contribution >= 4 is 18.0 Å². The van der Waals surface area contributed by atoms with Crippen LogP contribution in [0.15, 0.2) is 47.6 Å². The Morgan fingerprint density at radius 2 is 2.23 bits per heavy atom. The highest BCUT2D eigenvalue weighted by atomic mass is 16.7. The molecular weight excluding hydrogens is 280 g/mol. The number of benzene rings is 2. The van der Waals surface area contributed by atoms with Crippen molar-refractivity contribution in [3.8, 4) is 5.75 Å². The van der Waals surface area contributed by atoms with E-state index in [1.807, 2.05) is 43.3 Å². The topological polar surface area (TPSA) is 59.9 Å². The molecule has 0 unspecified atom stereocenters. The van der Waals surface area contributed by atoms with E-state index >= 15 is 0 Å². The molecule has 0 fully saturated rings. The molecule has 0 spiro atoms. The zero-order valence-corrected chi connectivity index (χ0v) is 12.2. The van der Waals surface area contributed by atoms with Gasteiger partial charge in [-0.1, -0.05) is 17.3 Å². The van der Waals surface area contributed by atoms with E-state index in [0.717, 1.165) is 28.9 Å². The van der Waals surface area contributed by atoms with E-state index < -0.39 is 6.09 Å². The number of carbonyl (C=O) groups excluding carboxylic acids is 1. The van der Waals surface area contributed by atoms with Gasteiger partial charge in [0.25, 0.3) is 0 Å². The predicted molar refractivity (Wildman–Crippen MR) is 84.5 cm³/mol. The summed E-state index contributed by atoms with van der Waals surface area (Å²) < 4.78 is 5.43. The van der Waals surface area contributed by atoms with Crippen molar-refractivity contribution in [2.75, 3.05) is 11.9 Å². The minimum atomic E-state index is -0.619. The molecule has 2 aromatic rings. The summed E-state index contributed by atoms with van der Waals surface area (Å²) in [6.07, 6.45) is 1.78. The van der Waals surface area contributed by atoms with Crippen LogP contribution < -0.4 is 10.1 Å². The molecule has 0 aromatic heterocycles. The molecule has 112 valence electrons. The van der Waals surface area contributed by atoms with Gasteiger partial charge in [-0.05, 0) is 53.9 Å². The summed E-state index contributed by atoms with van der Waals surface area (Å²) in [5.74, 6) is 0.912. The first-order chi connectivity index (χ1) is 10.7. The number of ether oxygens (including phenoxy) is 1. The number of carbonyl (C=O) groups is 1. The Bertz CT molecular complexity index is 726. The predicted octanol–water partition coefficient (Wildman–Crippen LogP) is 3.51. The molecule has 1 aliphatic rings. The molecule has 0 atom stereocenters. The van der Waals surface area contributed by atoms with Crippen LogP contribution in [0.4, 0.5) is 10.5 Å². The van der Waals surface area contributed by atoms with E-state index in [1.54, 1.807) is 6.07 Å². The standard InChI is InChI=1S/C17H16N2O3/c1-12-3-2-4-15(9-12)19-17(20)22-18-11-13-5-6-16-14(10-13)7-8-21-16/h2-6,9-11H,7-8H2,1H3,(H,19,20)/b18-11-. The number of nitrogens with one attached hydrogen (secondary N) is 1. The fraction of sp³-hybridized carbons (Fsp3) is 0.176. The smallest absolute Gasteiger partial charge is 0.437 e. The van der Waals surface area contributed by atoms with Gasteiger partial charge in [-0.3, -0.25) is 10.2 Å². The molecule has 0 aliphatic carbocycles. The zero-order chi connectivity index (χ0) is 15.4. The van der Waals surface area contributed by atoms with Gasteiger partial charge in [-0.25, -0.2) is 4.79 Å². The van der Waals surface area contributed by atoms with Crippen molar-refractivity contribution in [1.29, 1.82) is 0 Å². The van der Waals surface area contributed by atoms with E-state index in [0.29, 0.717) is 12.3 Å². The Balaban J connectivity index is 1.56. The maximum Gasteiger partial charge on any atom is 0.437 e. The second-order valence-corrected chi connectivity index (χ2v) is 5.07. The van der Waals surface area contributed by atoms with Crippen molar-refractivity contribution in [2.45, 2.75) is 13.3 Å². The Hall–Kier alpha value is -2.82. The number of oxime groups is 1. The monoisotopic (exact) mass is 296 g/mol. The van der Waals surface area contributed by atoms with Crippen LogP contribution >= 0.6 is 0 Å². The Labute approximate surface area is 128 Å². The van der Waals surface area contributed by atoms with E-state index in [9.17, 15) is 4.79 Å². The van der Waals surface area contributed by atoms with Gasteiger partial charge in [0.15, 0.2) is 0 Å². The molecule has 0 radical (unpaired) electrons. The molecule has 2 aromatic carbocycles. The van der Waals surface area contributed by atoms with E-state index in [1.165, 1.54) is 6.21 Å². The van der Waals surface area contributed by atoms with Crippen LogP contribution in [0.3, 0.4) is 0 Å².